The molecule has 0 bridgehead atoms. The van der Waals surface area contributed by atoms with Crippen LogP contribution in [0.2, 0.25) is 0 Å². The molecule has 20 heavy (non-hydrogen) atoms. The Bertz CT molecular complexity index is 443. The lowest BCUT2D eigenvalue weighted by Gasteiger charge is -2.26. The highest BCUT2D eigenvalue weighted by molar-refractivity contribution is 5.99. The monoisotopic (exact) mass is 276 g/mol. The molecular formula is C17H28N2O. The van der Waals surface area contributed by atoms with Gasteiger partial charge in [-0.1, -0.05) is 26.3 Å². The molecule has 0 aliphatic rings. The van der Waals surface area contributed by atoms with E-state index in [0.29, 0.717) is 0 Å². The first-order chi connectivity index (χ1) is 9.51. The zero-order chi connectivity index (χ0) is 15.1. The average molecular weight is 276 g/mol. The third-order valence-corrected chi connectivity index (χ3v) is 3.66. The lowest BCUT2D eigenvalue weighted by molar-refractivity contribution is 0.0737. The number of carbonyl (C=O) groups excluding carboxylic acids is 1. The quantitative estimate of drug-likeness (QED) is 0.814. The Hall–Kier alpha value is -1.51. The number of hydrogen-bond donors (Lipinski definition) is 1. The molecule has 0 aliphatic carbocycles. The van der Waals surface area contributed by atoms with Crippen molar-refractivity contribution in [3.05, 3.63) is 29.3 Å². The molecule has 0 fully saturated rings. The van der Waals surface area contributed by atoms with Gasteiger partial charge in [-0.15, -0.1) is 0 Å². The molecule has 1 N–H and O–H groups in total. The van der Waals surface area contributed by atoms with E-state index in [1.807, 2.05) is 24.1 Å². The van der Waals surface area contributed by atoms with Crippen molar-refractivity contribution in [3.8, 4) is 0 Å². The van der Waals surface area contributed by atoms with Crippen LogP contribution in [-0.4, -0.2) is 30.4 Å². The Morgan fingerprint density at radius 1 is 1.30 bits per heavy atom. The number of aryl methyl sites for hydroxylation is 1. The predicted molar refractivity (Wildman–Crippen MR) is 86.4 cm³/mol. The Balaban J connectivity index is 2.96. The van der Waals surface area contributed by atoms with Gasteiger partial charge in [0.1, 0.15) is 0 Å². The first-order valence-corrected chi connectivity index (χ1v) is 7.62. The smallest absolute Gasteiger partial charge is 0.255 e. The van der Waals surface area contributed by atoms with Gasteiger partial charge in [0, 0.05) is 25.3 Å². The molecule has 1 atom stereocenters. The zero-order valence-electron chi connectivity index (χ0n) is 13.5. The Labute approximate surface area is 123 Å². The molecule has 1 aromatic rings. The molecule has 3 nitrogen and oxygen atoms in total. The number of anilines is 1. The second-order valence-corrected chi connectivity index (χ2v) is 5.53. The molecule has 1 aromatic carbocycles. The third-order valence-electron chi connectivity index (χ3n) is 3.66. The first kappa shape index (κ1) is 16.5. The summed E-state index contributed by atoms with van der Waals surface area (Å²) < 4.78 is 0. The maximum absolute atomic E-state index is 12.6. The molecule has 1 unspecified atom stereocenters. The fourth-order valence-electron chi connectivity index (χ4n) is 2.25. The van der Waals surface area contributed by atoms with Crippen molar-refractivity contribution in [3.63, 3.8) is 0 Å². The van der Waals surface area contributed by atoms with Crippen LogP contribution < -0.4 is 5.32 Å². The number of nitrogens with one attached hydrogen (secondary N) is 1. The van der Waals surface area contributed by atoms with E-state index >= 15 is 0 Å². The normalized spacial score (nSPS) is 12.1. The van der Waals surface area contributed by atoms with Crippen LogP contribution in [0.3, 0.4) is 0 Å². The number of rotatable bonds is 7. The minimum atomic E-state index is 0.101. The van der Waals surface area contributed by atoms with Crippen LogP contribution in [0.5, 0.6) is 0 Å². The number of nitrogens with zero attached hydrogens (tertiary/aromatic N) is 1. The lowest BCUT2D eigenvalue weighted by Crippen LogP contribution is -2.35. The van der Waals surface area contributed by atoms with Crippen molar-refractivity contribution in [2.75, 3.05) is 18.9 Å². The summed E-state index contributed by atoms with van der Waals surface area (Å²) in [5.74, 6) is 0.101. The van der Waals surface area contributed by atoms with E-state index in [-0.39, 0.29) is 11.9 Å². The highest BCUT2D eigenvalue weighted by atomic mass is 16.2. The molecule has 1 rings (SSSR count). The molecule has 0 spiro atoms. The number of benzene rings is 1. The average Bonchev–Trinajstić information content (AvgIpc) is 2.44. The second-order valence-electron chi connectivity index (χ2n) is 5.53. The van der Waals surface area contributed by atoms with Gasteiger partial charge in [-0.3, -0.25) is 4.79 Å². The highest BCUT2D eigenvalue weighted by Gasteiger charge is 2.19. The van der Waals surface area contributed by atoms with E-state index in [0.717, 1.165) is 37.1 Å². The zero-order valence-corrected chi connectivity index (χ0v) is 13.5. The SMILES string of the molecule is CCCNc1cc(C)ccc1C(=O)N(C)C(C)CCC. The standard InChI is InChI=1S/C17H28N2O/c1-6-8-14(4)19(5)17(20)15-10-9-13(3)12-16(15)18-11-7-2/h9-10,12,14,18H,6-8,11H2,1-5H3. The second kappa shape index (κ2) is 7.93. The summed E-state index contributed by atoms with van der Waals surface area (Å²) >= 11 is 0. The molecule has 112 valence electrons. The van der Waals surface area contributed by atoms with E-state index in [4.69, 9.17) is 0 Å². The van der Waals surface area contributed by atoms with Gasteiger partial charge in [-0.25, -0.2) is 0 Å². The molecular weight excluding hydrogens is 248 g/mol. The van der Waals surface area contributed by atoms with E-state index in [1.165, 1.54) is 5.56 Å². The fourth-order valence-corrected chi connectivity index (χ4v) is 2.25. The predicted octanol–water partition coefficient (Wildman–Crippen LogP) is 4.08. The first-order valence-electron chi connectivity index (χ1n) is 7.62. The minimum Gasteiger partial charge on any atom is -0.384 e. The third kappa shape index (κ3) is 4.26. The maximum atomic E-state index is 12.6. The fraction of sp³-hybridized carbons (Fsp3) is 0.588. The van der Waals surface area contributed by atoms with Crippen molar-refractivity contribution < 1.29 is 4.79 Å². The van der Waals surface area contributed by atoms with Gasteiger partial charge >= 0.3 is 0 Å². The summed E-state index contributed by atoms with van der Waals surface area (Å²) in [6.45, 7) is 9.32. The topological polar surface area (TPSA) is 32.3 Å². The Morgan fingerprint density at radius 2 is 2.00 bits per heavy atom. The molecule has 0 aliphatic heterocycles. The van der Waals surface area contributed by atoms with Gasteiger partial charge in [-0.2, -0.15) is 0 Å². The van der Waals surface area contributed by atoms with Crippen molar-refractivity contribution in [2.45, 2.75) is 53.0 Å². The molecule has 0 saturated carbocycles. The van der Waals surface area contributed by atoms with Crippen molar-refractivity contribution >= 4 is 11.6 Å². The molecule has 1 amide bonds. The van der Waals surface area contributed by atoms with E-state index in [9.17, 15) is 4.79 Å². The Kier molecular flexibility index (Phi) is 6.56. The van der Waals surface area contributed by atoms with E-state index in [2.05, 4.69) is 39.1 Å². The molecule has 0 saturated heterocycles. The summed E-state index contributed by atoms with van der Waals surface area (Å²) in [6.07, 6.45) is 3.17. The van der Waals surface area contributed by atoms with Gasteiger partial charge in [-0.05, 0) is 44.4 Å². The van der Waals surface area contributed by atoms with E-state index < -0.39 is 0 Å². The summed E-state index contributed by atoms with van der Waals surface area (Å²) in [5.41, 5.74) is 2.89. The van der Waals surface area contributed by atoms with E-state index in [1.54, 1.807) is 0 Å². The number of hydrogen-bond acceptors (Lipinski definition) is 2. The van der Waals surface area contributed by atoms with Crippen LogP contribution in [0.1, 0.15) is 56.0 Å². The van der Waals surface area contributed by atoms with Gasteiger partial charge < -0.3 is 10.2 Å². The van der Waals surface area contributed by atoms with Crippen LogP contribution in [0, 0.1) is 6.92 Å². The van der Waals surface area contributed by atoms with Gasteiger partial charge in [0.15, 0.2) is 0 Å². The maximum Gasteiger partial charge on any atom is 0.255 e. The van der Waals surface area contributed by atoms with Gasteiger partial charge in [0.25, 0.3) is 5.91 Å². The van der Waals surface area contributed by atoms with Crippen molar-refractivity contribution in [2.24, 2.45) is 0 Å². The summed E-state index contributed by atoms with van der Waals surface area (Å²) in [6, 6.07) is 6.27. The number of amides is 1. The van der Waals surface area contributed by atoms with Crippen LogP contribution in [0.15, 0.2) is 18.2 Å². The Morgan fingerprint density at radius 3 is 2.60 bits per heavy atom. The minimum absolute atomic E-state index is 0.101. The number of carbonyl (C=O) groups is 1. The molecule has 0 radical (unpaired) electrons. The van der Waals surface area contributed by atoms with Crippen LogP contribution in [-0.2, 0) is 0 Å². The van der Waals surface area contributed by atoms with Crippen LogP contribution in [0.25, 0.3) is 0 Å². The van der Waals surface area contributed by atoms with Crippen LogP contribution >= 0.6 is 0 Å². The molecule has 3 heteroatoms. The van der Waals surface area contributed by atoms with Crippen molar-refractivity contribution in [1.29, 1.82) is 0 Å². The highest BCUT2D eigenvalue weighted by Crippen LogP contribution is 2.20. The lowest BCUT2D eigenvalue weighted by atomic mass is 10.1. The summed E-state index contributed by atoms with van der Waals surface area (Å²) in [5, 5.41) is 3.36. The largest absolute Gasteiger partial charge is 0.384 e. The van der Waals surface area contributed by atoms with Crippen LogP contribution in [0.4, 0.5) is 5.69 Å². The van der Waals surface area contributed by atoms with Crippen molar-refractivity contribution in [1.82, 2.24) is 4.90 Å². The van der Waals surface area contributed by atoms with Gasteiger partial charge in [0.2, 0.25) is 0 Å². The molecule has 0 aromatic heterocycles. The summed E-state index contributed by atoms with van der Waals surface area (Å²) in [7, 11) is 1.89. The molecule has 0 heterocycles. The summed E-state index contributed by atoms with van der Waals surface area (Å²) in [4.78, 5) is 14.5. The van der Waals surface area contributed by atoms with Gasteiger partial charge in [0.05, 0.1) is 5.56 Å².